The molecule has 0 aromatic heterocycles. The lowest BCUT2D eigenvalue weighted by atomic mass is 9.95. The summed E-state index contributed by atoms with van der Waals surface area (Å²) < 4.78 is 1.01. The fourth-order valence-electron chi connectivity index (χ4n) is 1.61. The Bertz CT molecular complexity index is 292. The molecule has 0 aliphatic carbocycles. The van der Waals surface area contributed by atoms with Crippen LogP contribution in [0.5, 0.6) is 0 Å². The van der Waals surface area contributed by atoms with Gasteiger partial charge in [0.2, 0.25) is 0 Å². The quantitative estimate of drug-likeness (QED) is 0.886. The summed E-state index contributed by atoms with van der Waals surface area (Å²) in [6.45, 7) is 3.86. The van der Waals surface area contributed by atoms with E-state index in [1.54, 1.807) is 6.92 Å². The fraction of sp³-hybridized carbons (Fsp3) is 0.455. The molecule has 0 amide bonds. The van der Waals surface area contributed by atoms with Gasteiger partial charge in [-0.1, -0.05) is 40.5 Å². The van der Waals surface area contributed by atoms with E-state index in [-0.39, 0.29) is 12.0 Å². The molecule has 1 aromatic carbocycles. The molecule has 1 rings (SSSR count). The first-order valence-corrected chi connectivity index (χ1v) is 5.81. The minimum atomic E-state index is -0.298. The summed E-state index contributed by atoms with van der Waals surface area (Å²) in [6, 6.07) is 5.75. The van der Waals surface area contributed by atoms with Gasteiger partial charge in [0, 0.05) is 9.50 Å². The van der Waals surface area contributed by atoms with Gasteiger partial charge in [0.05, 0.1) is 6.10 Å². The molecule has 0 aliphatic rings. The number of rotatable bonds is 3. The van der Waals surface area contributed by atoms with Crippen molar-refractivity contribution in [3.05, 3.63) is 33.3 Å². The lowest BCUT2D eigenvalue weighted by Gasteiger charge is -2.16. The van der Waals surface area contributed by atoms with Crippen LogP contribution in [0.1, 0.15) is 31.7 Å². The van der Waals surface area contributed by atoms with E-state index in [9.17, 15) is 5.11 Å². The van der Waals surface area contributed by atoms with E-state index < -0.39 is 0 Å². The van der Waals surface area contributed by atoms with E-state index in [4.69, 9.17) is 11.6 Å². The van der Waals surface area contributed by atoms with Crippen molar-refractivity contribution >= 4 is 27.5 Å². The lowest BCUT2D eigenvalue weighted by Crippen LogP contribution is -2.06. The van der Waals surface area contributed by atoms with E-state index in [1.807, 2.05) is 18.2 Å². The normalized spacial score (nSPS) is 15.2. The van der Waals surface area contributed by atoms with Crippen molar-refractivity contribution in [2.45, 2.75) is 32.3 Å². The largest absolute Gasteiger partial charge is 0.393 e. The van der Waals surface area contributed by atoms with Crippen molar-refractivity contribution < 1.29 is 5.11 Å². The van der Waals surface area contributed by atoms with Crippen molar-refractivity contribution in [2.75, 3.05) is 0 Å². The van der Waals surface area contributed by atoms with Crippen LogP contribution in [-0.2, 0) is 0 Å². The highest BCUT2D eigenvalue weighted by molar-refractivity contribution is 9.10. The summed E-state index contributed by atoms with van der Waals surface area (Å²) in [5.41, 5.74) is 1.08. The Morgan fingerprint density at radius 3 is 2.57 bits per heavy atom. The van der Waals surface area contributed by atoms with Gasteiger partial charge in [0.25, 0.3) is 0 Å². The Kier molecular flexibility index (Phi) is 4.42. The molecule has 0 saturated heterocycles. The molecule has 14 heavy (non-hydrogen) atoms. The van der Waals surface area contributed by atoms with Crippen LogP contribution in [0.4, 0.5) is 0 Å². The van der Waals surface area contributed by atoms with Crippen LogP contribution in [0.25, 0.3) is 0 Å². The monoisotopic (exact) mass is 276 g/mol. The van der Waals surface area contributed by atoms with Crippen LogP contribution in [0.2, 0.25) is 5.02 Å². The van der Waals surface area contributed by atoms with Gasteiger partial charge in [-0.05, 0) is 37.0 Å². The van der Waals surface area contributed by atoms with Gasteiger partial charge in [-0.25, -0.2) is 0 Å². The van der Waals surface area contributed by atoms with Crippen molar-refractivity contribution in [3.63, 3.8) is 0 Å². The number of aliphatic hydroxyl groups excluding tert-OH is 1. The second-order valence-corrected chi connectivity index (χ2v) is 4.88. The highest BCUT2D eigenvalue weighted by atomic mass is 79.9. The highest BCUT2D eigenvalue weighted by Gasteiger charge is 2.14. The third-order valence-electron chi connectivity index (χ3n) is 2.19. The van der Waals surface area contributed by atoms with Crippen molar-refractivity contribution in [3.8, 4) is 0 Å². The Labute approximate surface area is 98.2 Å². The van der Waals surface area contributed by atoms with Gasteiger partial charge >= 0.3 is 0 Å². The van der Waals surface area contributed by atoms with Crippen LogP contribution in [-0.4, -0.2) is 11.2 Å². The molecular weight excluding hydrogens is 263 g/mol. The maximum atomic E-state index is 9.31. The molecule has 1 nitrogen and oxygen atoms in total. The van der Waals surface area contributed by atoms with E-state index in [1.165, 1.54) is 0 Å². The topological polar surface area (TPSA) is 20.2 Å². The molecule has 2 atom stereocenters. The highest BCUT2D eigenvalue weighted by Crippen LogP contribution is 2.33. The van der Waals surface area contributed by atoms with Gasteiger partial charge in [-0.15, -0.1) is 0 Å². The maximum absolute atomic E-state index is 9.31. The number of hydrogen-bond donors (Lipinski definition) is 1. The predicted molar refractivity (Wildman–Crippen MR) is 63.9 cm³/mol. The zero-order valence-electron chi connectivity index (χ0n) is 8.30. The molecule has 78 valence electrons. The third kappa shape index (κ3) is 2.97. The van der Waals surface area contributed by atoms with E-state index in [2.05, 4.69) is 22.9 Å². The van der Waals surface area contributed by atoms with Crippen molar-refractivity contribution in [2.24, 2.45) is 0 Å². The summed E-state index contributed by atoms with van der Waals surface area (Å²) in [5.74, 6) is 0.262. The van der Waals surface area contributed by atoms with Gasteiger partial charge < -0.3 is 5.11 Å². The average molecular weight is 278 g/mol. The second-order valence-electron chi connectivity index (χ2n) is 3.62. The molecular formula is C11H14BrClO. The van der Waals surface area contributed by atoms with Gasteiger partial charge in [0.1, 0.15) is 0 Å². The molecule has 0 saturated carbocycles. The summed E-state index contributed by atoms with van der Waals surface area (Å²) in [4.78, 5) is 0. The van der Waals surface area contributed by atoms with Crippen molar-refractivity contribution in [1.82, 2.24) is 0 Å². The second kappa shape index (κ2) is 5.15. The fourth-order valence-corrected chi connectivity index (χ4v) is 2.84. The van der Waals surface area contributed by atoms with E-state index >= 15 is 0 Å². The molecule has 0 heterocycles. The van der Waals surface area contributed by atoms with Crippen LogP contribution in [0.3, 0.4) is 0 Å². The van der Waals surface area contributed by atoms with Gasteiger partial charge in [-0.2, -0.15) is 0 Å². The van der Waals surface area contributed by atoms with Crippen LogP contribution in [0, 0.1) is 0 Å². The molecule has 0 bridgehead atoms. The van der Waals surface area contributed by atoms with Gasteiger partial charge in [-0.3, -0.25) is 0 Å². The Morgan fingerprint density at radius 2 is 2.07 bits per heavy atom. The third-order valence-corrected chi connectivity index (χ3v) is 3.21. The minimum absolute atomic E-state index is 0.262. The smallest absolute Gasteiger partial charge is 0.0517 e. The maximum Gasteiger partial charge on any atom is 0.0517 e. The van der Waals surface area contributed by atoms with Crippen molar-refractivity contribution in [1.29, 1.82) is 0 Å². The SMILES string of the molecule is CC(O)CC(C)c1c(Cl)cccc1Br. The zero-order chi connectivity index (χ0) is 10.7. The first-order chi connectivity index (χ1) is 6.52. The molecule has 0 aliphatic heterocycles. The molecule has 1 N–H and O–H groups in total. The number of aliphatic hydroxyl groups is 1. The Balaban J connectivity index is 2.94. The van der Waals surface area contributed by atoms with E-state index in [0.717, 1.165) is 21.5 Å². The summed E-state index contributed by atoms with van der Waals surface area (Å²) in [6.07, 6.45) is 0.427. The summed E-state index contributed by atoms with van der Waals surface area (Å²) in [5, 5.41) is 10.1. The standard InChI is InChI=1S/C11H14BrClO/c1-7(6-8(2)14)11-9(12)4-3-5-10(11)13/h3-5,7-8,14H,6H2,1-2H3. The molecule has 0 spiro atoms. The Morgan fingerprint density at radius 1 is 1.43 bits per heavy atom. The predicted octanol–water partition coefficient (Wildman–Crippen LogP) is 3.98. The number of benzene rings is 1. The van der Waals surface area contributed by atoms with E-state index in [0.29, 0.717) is 0 Å². The summed E-state index contributed by atoms with van der Waals surface area (Å²) >= 11 is 9.57. The molecule has 2 unspecified atom stereocenters. The van der Waals surface area contributed by atoms with Crippen LogP contribution in [0.15, 0.2) is 22.7 Å². The summed E-state index contributed by atoms with van der Waals surface area (Å²) in [7, 11) is 0. The first-order valence-electron chi connectivity index (χ1n) is 4.64. The molecule has 3 heteroatoms. The Hall–Kier alpha value is -0.0500. The van der Waals surface area contributed by atoms with Gasteiger partial charge in [0.15, 0.2) is 0 Å². The number of hydrogen-bond acceptors (Lipinski definition) is 1. The lowest BCUT2D eigenvalue weighted by molar-refractivity contribution is 0.176. The molecule has 1 aromatic rings. The average Bonchev–Trinajstić information content (AvgIpc) is 2.01. The first kappa shape index (κ1) is 12.0. The number of halogens is 2. The van der Waals surface area contributed by atoms with Crippen LogP contribution < -0.4 is 0 Å². The molecule has 0 radical (unpaired) electrons. The molecule has 0 fully saturated rings. The minimum Gasteiger partial charge on any atom is -0.393 e. The zero-order valence-corrected chi connectivity index (χ0v) is 10.6. The van der Waals surface area contributed by atoms with Crippen LogP contribution >= 0.6 is 27.5 Å².